The summed E-state index contributed by atoms with van der Waals surface area (Å²) in [6.45, 7) is 3.03. The third-order valence-electron chi connectivity index (χ3n) is 4.25. The van der Waals surface area contributed by atoms with Gasteiger partial charge < -0.3 is 10.1 Å². The van der Waals surface area contributed by atoms with Crippen LogP contribution in [0, 0.1) is 5.92 Å². The van der Waals surface area contributed by atoms with Crippen molar-refractivity contribution >= 4 is 11.6 Å². The molecular weight excluding hydrogens is 258 g/mol. The van der Waals surface area contributed by atoms with Crippen LogP contribution in [0.15, 0.2) is 18.2 Å². The summed E-state index contributed by atoms with van der Waals surface area (Å²) in [5.74, 6) is 1.87. The Labute approximate surface area is 120 Å². The molecule has 19 heavy (non-hydrogen) atoms. The molecule has 2 aliphatic rings. The summed E-state index contributed by atoms with van der Waals surface area (Å²) in [5, 5.41) is 3.99. The van der Waals surface area contributed by atoms with Crippen molar-refractivity contribution in [3.63, 3.8) is 0 Å². The maximum atomic E-state index is 6.13. The van der Waals surface area contributed by atoms with Crippen molar-refractivity contribution in [3.05, 3.63) is 29.3 Å². The molecule has 1 heterocycles. The Bertz CT molecular complexity index is 435. The molecule has 1 aromatic carbocycles. The van der Waals surface area contributed by atoms with Gasteiger partial charge in [-0.2, -0.15) is 0 Å². The Kier molecular flexibility index (Phi) is 4.29. The van der Waals surface area contributed by atoms with Crippen molar-refractivity contribution in [2.45, 2.75) is 37.5 Å². The lowest BCUT2D eigenvalue weighted by molar-refractivity contribution is 0.357. The van der Waals surface area contributed by atoms with Crippen LogP contribution in [0.2, 0.25) is 0 Å². The average molecular weight is 280 g/mol. The summed E-state index contributed by atoms with van der Waals surface area (Å²) < 4.78 is 5.53. The highest BCUT2D eigenvalue weighted by Gasteiger charge is 2.22. The standard InChI is InChI=1S/C16H22ClNO/c17-15-3-1-13(10-15)11-18-7-5-12-2-4-16-14(9-12)6-8-19-16/h2,4,9,13,15,18H,1,3,5-8,10-11H2. The lowest BCUT2D eigenvalue weighted by atomic mass is 10.1. The molecule has 1 aliphatic carbocycles. The smallest absolute Gasteiger partial charge is 0.122 e. The first-order valence-electron chi connectivity index (χ1n) is 7.40. The second kappa shape index (κ2) is 6.15. The van der Waals surface area contributed by atoms with Gasteiger partial charge in [-0.25, -0.2) is 0 Å². The van der Waals surface area contributed by atoms with E-state index < -0.39 is 0 Å². The van der Waals surface area contributed by atoms with Crippen LogP contribution in [-0.4, -0.2) is 25.1 Å². The Morgan fingerprint density at radius 2 is 2.26 bits per heavy atom. The Morgan fingerprint density at radius 3 is 3.11 bits per heavy atom. The van der Waals surface area contributed by atoms with Gasteiger partial charge in [0.1, 0.15) is 5.75 Å². The fraction of sp³-hybridized carbons (Fsp3) is 0.625. The molecule has 2 atom stereocenters. The summed E-state index contributed by atoms with van der Waals surface area (Å²) in [6, 6.07) is 6.61. The second-order valence-electron chi connectivity index (χ2n) is 5.77. The number of hydrogen-bond donors (Lipinski definition) is 1. The first-order chi connectivity index (χ1) is 9.31. The largest absolute Gasteiger partial charge is 0.493 e. The lowest BCUT2D eigenvalue weighted by Crippen LogP contribution is -2.23. The molecule has 1 fully saturated rings. The van der Waals surface area contributed by atoms with E-state index >= 15 is 0 Å². The quantitative estimate of drug-likeness (QED) is 0.660. The molecule has 1 saturated carbocycles. The number of fused-ring (bicyclic) bond motifs is 1. The first kappa shape index (κ1) is 13.3. The minimum absolute atomic E-state index is 0.420. The van der Waals surface area contributed by atoms with Gasteiger partial charge in [-0.15, -0.1) is 11.6 Å². The maximum absolute atomic E-state index is 6.13. The molecule has 1 aromatic rings. The normalized spacial score (nSPS) is 25.3. The number of alkyl halides is 1. The van der Waals surface area contributed by atoms with E-state index in [9.17, 15) is 0 Å². The van der Waals surface area contributed by atoms with Crippen molar-refractivity contribution in [2.24, 2.45) is 5.92 Å². The fourth-order valence-corrected chi connectivity index (χ4v) is 3.51. The van der Waals surface area contributed by atoms with Crippen LogP contribution in [0.3, 0.4) is 0 Å². The van der Waals surface area contributed by atoms with Gasteiger partial charge in [0.05, 0.1) is 6.61 Å². The van der Waals surface area contributed by atoms with Crippen molar-refractivity contribution in [3.8, 4) is 5.75 Å². The molecule has 104 valence electrons. The fourth-order valence-electron chi connectivity index (χ4n) is 3.13. The van der Waals surface area contributed by atoms with Gasteiger partial charge in [0.2, 0.25) is 0 Å². The van der Waals surface area contributed by atoms with Crippen LogP contribution in [0.25, 0.3) is 0 Å². The molecule has 3 rings (SSSR count). The molecule has 3 heteroatoms. The van der Waals surface area contributed by atoms with Gasteiger partial charge in [0.15, 0.2) is 0 Å². The third kappa shape index (κ3) is 3.43. The predicted molar refractivity (Wildman–Crippen MR) is 79.2 cm³/mol. The summed E-state index contributed by atoms with van der Waals surface area (Å²) in [4.78, 5) is 0. The van der Waals surface area contributed by atoms with Crippen LogP contribution in [0.1, 0.15) is 30.4 Å². The topological polar surface area (TPSA) is 21.3 Å². The van der Waals surface area contributed by atoms with Crippen LogP contribution < -0.4 is 10.1 Å². The highest BCUT2D eigenvalue weighted by molar-refractivity contribution is 6.20. The molecular formula is C16H22ClNO. The van der Waals surface area contributed by atoms with Crippen LogP contribution in [0.4, 0.5) is 0 Å². The second-order valence-corrected chi connectivity index (χ2v) is 6.39. The number of nitrogens with one attached hydrogen (secondary N) is 1. The van der Waals surface area contributed by atoms with Gasteiger partial charge in [0, 0.05) is 11.8 Å². The molecule has 2 nitrogen and oxygen atoms in total. The number of benzene rings is 1. The molecule has 1 N–H and O–H groups in total. The molecule has 0 spiro atoms. The van der Waals surface area contributed by atoms with Gasteiger partial charge in [-0.05, 0) is 61.9 Å². The Balaban J connectivity index is 1.40. The monoisotopic (exact) mass is 279 g/mol. The number of rotatable bonds is 5. The van der Waals surface area contributed by atoms with Gasteiger partial charge in [-0.1, -0.05) is 12.1 Å². The summed E-state index contributed by atoms with van der Waals surface area (Å²) >= 11 is 6.13. The van der Waals surface area contributed by atoms with E-state index in [0.29, 0.717) is 5.38 Å². The third-order valence-corrected chi connectivity index (χ3v) is 4.65. The van der Waals surface area contributed by atoms with E-state index in [1.54, 1.807) is 0 Å². The zero-order valence-electron chi connectivity index (χ0n) is 11.3. The van der Waals surface area contributed by atoms with E-state index in [-0.39, 0.29) is 0 Å². The summed E-state index contributed by atoms with van der Waals surface area (Å²) in [6.07, 6.45) is 5.83. The highest BCUT2D eigenvalue weighted by atomic mass is 35.5. The zero-order chi connectivity index (χ0) is 13.1. The number of hydrogen-bond acceptors (Lipinski definition) is 2. The number of ether oxygens (including phenoxy) is 1. The van der Waals surface area contributed by atoms with Gasteiger partial charge in [-0.3, -0.25) is 0 Å². The number of halogens is 1. The highest BCUT2D eigenvalue weighted by Crippen LogP contribution is 2.29. The van der Waals surface area contributed by atoms with E-state index in [1.165, 1.54) is 30.4 Å². The first-order valence-corrected chi connectivity index (χ1v) is 7.84. The minimum atomic E-state index is 0.420. The molecule has 0 radical (unpaired) electrons. The molecule has 0 bridgehead atoms. The van der Waals surface area contributed by atoms with Crippen molar-refractivity contribution < 1.29 is 4.74 Å². The van der Waals surface area contributed by atoms with E-state index in [0.717, 1.165) is 44.2 Å². The summed E-state index contributed by atoms with van der Waals surface area (Å²) in [7, 11) is 0. The van der Waals surface area contributed by atoms with E-state index in [2.05, 4.69) is 23.5 Å². The van der Waals surface area contributed by atoms with Crippen LogP contribution in [0.5, 0.6) is 5.75 Å². The molecule has 2 unspecified atom stereocenters. The molecule has 0 saturated heterocycles. The SMILES string of the molecule is ClC1CCC(CNCCc2ccc3c(c2)CCO3)C1. The Morgan fingerprint density at radius 1 is 1.32 bits per heavy atom. The molecule has 0 aromatic heterocycles. The van der Waals surface area contributed by atoms with Gasteiger partial charge in [0.25, 0.3) is 0 Å². The van der Waals surface area contributed by atoms with Crippen LogP contribution >= 0.6 is 11.6 Å². The van der Waals surface area contributed by atoms with Crippen molar-refractivity contribution in [1.82, 2.24) is 5.32 Å². The van der Waals surface area contributed by atoms with Crippen molar-refractivity contribution in [2.75, 3.05) is 19.7 Å². The zero-order valence-corrected chi connectivity index (χ0v) is 12.1. The molecule has 0 amide bonds. The van der Waals surface area contributed by atoms with E-state index in [1.807, 2.05) is 0 Å². The lowest BCUT2D eigenvalue weighted by Gasteiger charge is -2.11. The minimum Gasteiger partial charge on any atom is -0.493 e. The van der Waals surface area contributed by atoms with Crippen molar-refractivity contribution in [1.29, 1.82) is 0 Å². The van der Waals surface area contributed by atoms with Gasteiger partial charge >= 0.3 is 0 Å². The predicted octanol–water partition coefficient (Wildman–Crippen LogP) is 3.16. The van der Waals surface area contributed by atoms with Crippen LogP contribution in [-0.2, 0) is 12.8 Å². The molecule has 1 aliphatic heterocycles. The Hall–Kier alpha value is -0.730. The maximum Gasteiger partial charge on any atom is 0.122 e. The average Bonchev–Trinajstić information content (AvgIpc) is 3.03. The van der Waals surface area contributed by atoms with E-state index in [4.69, 9.17) is 16.3 Å². The summed E-state index contributed by atoms with van der Waals surface area (Å²) in [5.41, 5.74) is 2.79.